The van der Waals surface area contributed by atoms with Crippen LogP contribution in [-0.2, 0) is 0 Å². The van der Waals surface area contributed by atoms with Crippen molar-refractivity contribution >= 4 is 5.96 Å². The molecule has 1 aromatic carbocycles. The number of hydrogen-bond donors (Lipinski definition) is 3. The van der Waals surface area contributed by atoms with Crippen molar-refractivity contribution in [1.29, 1.82) is 0 Å². The minimum absolute atomic E-state index is 0.188. The minimum Gasteiger partial charge on any atom is -0.349 e. The Morgan fingerprint density at radius 1 is 1.40 bits per heavy atom. The minimum atomic E-state index is 0.188. The van der Waals surface area contributed by atoms with E-state index < -0.39 is 0 Å². The lowest BCUT2D eigenvalue weighted by Crippen LogP contribution is -2.42. The van der Waals surface area contributed by atoms with Gasteiger partial charge >= 0.3 is 0 Å². The van der Waals surface area contributed by atoms with Crippen molar-refractivity contribution in [2.75, 3.05) is 6.54 Å². The zero-order chi connectivity index (χ0) is 11.1. The van der Waals surface area contributed by atoms with Gasteiger partial charge in [-0.05, 0) is 19.4 Å². The molecule has 0 heterocycles. The molecule has 0 bridgehead atoms. The summed E-state index contributed by atoms with van der Waals surface area (Å²) in [5, 5.41) is 3.20. The molecular weight excluding hydrogens is 188 g/mol. The maximum absolute atomic E-state index is 5.34. The lowest BCUT2D eigenvalue weighted by Gasteiger charge is -2.16. The van der Waals surface area contributed by atoms with E-state index >= 15 is 0 Å². The molecule has 0 aromatic heterocycles. The van der Waals surface area contributed by atoms with Gasteiger partial charge in [0.1, 0.15) is 0 Å². The number of rotatable bonds is 3. The Hall–Kier alpha value is -1.55. The molecule has 0 aliphatic carbocycles. The van der Waals surface area contributed by atoms with Crippen molar-refractivity contribution in [2.45, 2.75) is 19.9 Å². The first-order chi connectivity index (χ1) is 7.27. The van der Waals surface area contributed by atoms with Crippen LogP contribution in [0.2, 0.25) is 0 Å². The van der Waals surface area contributed by atoms with Crippen LogP contribution in [0.15, 0.2) is 35.3 Å². The quantitative estimate of drug-likeness (QED) is 0.301. The summed E-state index contributed by atoms with van der Waals surface area (Å²) < 4.78 is 0. The molecule has 0 radical (unpaired) electrons. The first-order valence-corrected chi connectivity index (χ1v) is 5.10. The van der Waals surface area contributed by atoms with Crippen molar-refractivity contribution in [1.82, 2.24) is 10.7 Å². The van der Waals surface area contributed by atoms with E-state index in [0.717, 1.165) is 0 Å². The Bertz CT molecular complexity index is 308. The fraction of sp³-hybridized carbons (Fsp3) is 0.364. The van der Waals surface area contributed by atoms with Crippen molar-refractivity contribution in [3.8, 4) is 0 Å². The maximum Gasteiger partial charge on any atom is 0.206 e. The van der Waals surface area contributed by atoms with Crippen LogP contribution in [0.3, 0.4) is 0 Å². The molecular formula is C11H18N4. The number of nitrogens with zero attached hydrogens (tertiary/aromatic N) is 1. The molecule has 0 spiro atoms. The van der Waals surface area contributed by atoms with E-state index in [-0.39, 0.29) is 6.04 Å². The second-order valence-electron chi connectivity index (χ2n) is 3.24. The summed E-state index contributed by atoms with van der Waals surface area (Å²) in [5.41, 5.74) is 3.75. The first kappa shape index (κ1) is 11.5. The molecule has 1 aromatic rings. The van der Waals surface area contributed by atoms with Gasteiger partial charge in [0, 0.05) is 6.54 Å². The molecule has 0 amide bonds. The Balaban J connectivity index is 2.62. The molecule has 1 rings (SSSR count). The van der Waals surface area contributed by atoms with Crippen LogP contribution in [0, 0.1) is 0 Å². The predicted octanol–water partition coefficient (Wildman–Crippen LogP) is 1.18. The van der Waals surface area contributed by atoms with Crippen LogP contribution in [0.25, 0.3) is 0 Å². The van der Waals surface area contributed by atoms with Gasteiger partial charge in [-0.25, -0.2) is 5.84 Å². The molecule has 0 aliphatic rings. The van der Waals surface area contributed by atoms with Gasteiger partial charge in [-0.1, -0.05) is 30.3 Å². The van der Waals surface area contributed by atoms with Crippen LogP contribution >= 0.6 is 0 Å². The lowest BCUT2D eigenvalue weighted by molar-refractivity contribution is 0.689. The van der Waals surface area contributed by atoms with Gasteiger partial charge in [-0.3, -0.25) is 10.4 Å². The number of benzene rings is 1. The normalized spacial score (nSPS) is 13.4. The SMILES string of the molecule is CCN=C(NN)NC(C)c1ccccc1. The average molecular weight is 206 g/mol. The van der Waals surface area contributed by atoms with E-state index in [1.165, 1.54) is 5.56 Å². The van der Waals surface area contributed by atoms with Crippen LogP contribution in [-0.4, -0.2) is 12.5 Å². The average Bonchev–Trinajstić information content (AvgIpc) is 2.29. The fourth-order valence-corrected chi connectivity index (χ4v) is 1.32. The number of hydrogen-bond acceptors (Lipinski definition) is 2. The monoisotopic (exact) mass is 206 g/mol. The second-order valence-corrected chi connectivity index (χ2v) is 3.24. The number of hydrazine groups is 1. The third-order valence-corrected chi connectivity index (χ3v) is 2.11. The number of aliphatic imine (C=N–C) groups is 1. The highest BCUT2D eigenvalue weighted by Gasteiger charge is 2.05. The van der Waals surface area contributed by atoms with Crippen molar-refractivity contribution in [3.05, 3.63) is 35.9 Å². The third-order valence-electron chi connectivity index (χ3n) is 2.11. The molecule has 0 saturated carbocycles. The van der Waals surface area contributed by atoms with E-state index in [9.17, 15) is 0 Å². The Morgan fingerprint density at radius 2 is 2.07 bits per heavy atom. The summed E-state index contributed by atoms with van der Waals surface area (Å²) in [6.45, 7) is 4.73. The molecule has 4 nitrogen and oxygen atoms in total. The van der Waals surface area contributed by atoms with E-state index in [2.05, 4.69) is 34.8 Å². The zero-order valence-electron chi connectivity index (χ0n) is 9.20. The fourth-order valence-electron chi connectivity index (χ4n) is 1.32. The van der Waals surface area contributed by atoms with E-state index in [1.54, 1.807) is 0 Å². The van der Waals surface area contributed by atoms with Gasteiger partial charge in [0.05, 0.1) is 6.04 Å². The van der Waals surface area contributed by atoms with Gasteiger partial charge in [0.25, 0.3) is 0 Å². The predicted molar refractivity (Wildman–Crippen MR) is 63.3 cm³/mol. The van der Waals surface area contributed by atoms with Crippen LogP contribution in [0.5, 0.6) is 0 Å². The summed E-state index contributed by atoms with van der Waals surface area (Å²) in [4.78, 5) is 4.18. The van der Waals surface area contributed by atoms with Crippen LogP contribution in [0.1, 0.15) is 25.5 Å². The highest BCUT2D eigenvalue weighted by atomic mass is 15.3. The Morgan fingerprint density at radius 3 is 2.60 bits per heavy atom. The second kappa shape index (κ2) is 6.03. The number of guanidine groups is 1. The highest BCUT2D eigenvalue weighted by Crippen LogP contribution is 2.10. The molecule has 4 N–H and O–H groups in total. The molecule has 0 aliphatic heterocycles. The van der Waals surface area contributed by atoms with Crippen LogP contribution < -0.4 is 16.6 Å². The van der Waals surface area contributed by atoms with Gasteiger partial charge in [0.15, 0.2) is 0 Å². The van der Waals surface area contributed by atoms with Crippen molar-refractivity contribution in [3.63, 3.8) is 0 Å². The molecule has 1 unspecified atom stereocenters. The van der Waals surface area contributed by atoms with E-state index in [4.69, 9.17) is 5.84 Å². The van der Waals surface area contributed by atoms with Gasteiger partial charge in [-0.15, -0.1) is 0 Å². The van der Waals surface area contributed by atoms with Crippen LogP contribution in [0.4, 0.5) is 0 Å². The van der Waals surface area contributed by atoms with Gasteiger partial charge < -0.3 is 5.32 Å². The lowest BCUT2D eigenvalue weighted by atomic mass is 10.1. The Kier molecular flexibility index (Phi) is 4.63. The van der Waals surface area contributed by atoms with Crippen molar-refractivity contribution in [2.24, 2.45) is 10.8 Å². The Labute approximate surface area is 90.6 Å². The molecule has 0 saturated heterocycles. The number of nitrogens with two attached hydrogens (primary N) is 1. The van der Waals surface area contributed by atoms with Gasteiger partial charge in [0.2, 0.25) is 5.96 Å². The maximum atomic E-state index is 5.34. The van der Waals surface area contributed by atoms with E-state index in [0.29, 0.717) is 12.5 Å². The molecule has 4 heteroatoms. The highest BCUT2D eigenvalue weighted by molar-refractivity contribution is 5.79. The van der Waals surface area contributed by atoms with Crippen molar-refractivity contribution < 1.29 is 0 Å². The molecule has 15 heavy (non-hydrogen) atoms. The zero-order valence-corrected chi connectivity index (χ0v) is 9.20. The standard InChI is InChI=1S/C11H18N4/c1-3-13-11(15-12)14-9(2)10-7-5-4-6-8-10/h4-9H,3,12H2,1-2H3,(H2,13,14,15). The first-order valence-electron chi connectivity index (χ1n) is 5.10. The summed E-state index contributed by atoms with van der Waals surface area (Å²) in [6, 6.07) is 10.3. The molecule has 1 atom stereocenters. The molecule has 82 valence electrons. The summed E-state index contributed by atoms with van der Waals surface area (Å²) in [7, 11) is 0. The van der Waals surface area contributed by atoms with E-state index in [1.807, 2.05) is 25.1 Å². The number of nitrogens with one attached hydrogen (secondary N) is 2. The smallest absolute Gasteiger partial charge is 0.206 e. The summed E-state index contributed by atoms with van der Waals surface area (Å²) >= 11 is 0. The molecule has 0 fully saturated rings. The topological polar surface area (TPSA) is 62.4 Å². The van der Waals surface area contributed by atoms with Gasteiger partial charge in [-0.2, -0.15) is 0 Å². The summed E-state index contributed by atoms with van der Waals surface area (Å²) in [5.74, 6) is 5.96. The largest absolute Gasteiger partial charge is 0.349 e. The third kappa shape index (κ3) is 3.59. The summed E-state index contributed by atoms with van der Waals surface area (Å²) in [6.07, 6.45) is 0.